The number of aliphatic imine (C=N–C) groups is 1. The minimum absolute atomic E-state index is 0. The van der Waals surface area contributed by atoms with Crippen LogP contribution >= 0.6 is 24.0 Å². The fourth-order valence-corrected chi connectivity index (χ4v) is 2.56. The van der Waals surface area contributed by atoms with E-state index in [2.05, 4.69) is 20.7 Å². The van der Waals surface area contributed by atoms with Crippen LogP contribution in [0.25, 0.3) is 0 Å². The highest BCUT2D eigenvalue weighted by Gasteiger charge is 2.36. The van der Waals surface area contributed by atoms with Crippen LogP contribution in [0.1, 0.15) is 24.6 Å². The molecule has 7 nitrogen and oxygen atoms in total. The Morgan fingerprint density at radius 2 is 2.03 bits per heavy atom. The third kappa shape index (κ3) is 8.38. The summed E-state index contributed by atoms with van der Waals surface area (Å²) in [6.45, 7) is 3.40. The lowest BCUT2D eigenvalue weighted by Crippen LogP contribution is -2.30. The van der Waals surface area contributed by atoms with Gasteiger partial charge in [-0.3, -0.25) is 4.68 Å². The molecule has 0 aliphatic rings. The Hall–Kier alpha value is -2.02. The van der Waals surface area contributed by atoms with Crippen LogP contribution in [0.3, 0.4) is 0 Å². The highest BCUT2D eigenvalue weighted by Crippen LogP contribution is 2.30. The lowest BCUT2D eigenvalue weighted by Gasteiger charge is -2.13. The van der Waals surface area contributed by atoms with Crippen LogP contribution in [0.2, 0.25) is 0 Å². The first-order chi connectivity index (χ1) is 13.8. The summed E-state index contributed by atoms with van der Waals surface area (Å²) in [5.74, 6) is 1.04. The number of anilines is 1. The summed E-state index contributed by atoms with van der Waals surface area (Å²) in [7, 11) is 3.08. The fourth-order valence-electron chi connectivity index (χ4n) is 2.56. The van der Waals surface area contributed by atoms with Crippen molar-refractivity contribution in [2.45, 2.75) is 26.1 Å². The molecule has 1 aromatic heterocycles. The van der Waals surface area contributed by atoms with Crippen LogP contribution in [0.4, 0.5) is 18.9 Å². The maximum Gasteiger partial charge on any atom is 0.435 e. The Bertz CT molecular complexity index is 812. The van der Waals surface area contributed by atoms with E-state index in [1.54, 1.807) is 13.2 Å². The van der Waals surface area contributed by atoms with E-state index in [0.717, 1.165) is 11.1 Å². The van der Waals surface area contributed by atoms with Gasteiger partial charge in [-0.2, -0.15) is 18.3 Å². The molecule has 1 aromatic carbocycles. The summed E-state index contributed by atoms with van der Waals surface area (Å²) < 4.78 is 51.1. The third-order valence-corrected chi connectivity index (χ3v) is 3.78. The number of aryl methyl sites for hydroxylation is 1. The second kappa shape index (κ2) is 12.6. The van der Waals surface area contributed by atoms with Crippen LogP contribution in [-0.2, 0) is 24.5 Å². The normalized spacial score (nSPS) is 11.7. The lowest BCUT2D eigenvalue weighted by molar-refractivity contribution is -0.142. The van der Waals surface area contributed by atoms with E-state index >= 15 is 0 Å². The first-order valence-corrected chi connectivity index (χ1v) is 9.20. The Morgan fingerprint density at radius 3 is 2.70 bits per heavy atom. The maximum absolute atomic E-state index is 13.1. The minimum Gasteiger partial charge on any atom is -0.493 e. The van der Waals surface area contributed by atoms with Crippen molar-refractivity contribution < 1.29 is 22.6 Å². The molecule has 0 saturated carbocycles. The average Bonchev–Trinajstić information content (AvgIpc) is 3.05. The minimum atomic E-state index is -4.52. The van der Waals surface area contributed by atoms with Crippen molar-refractivity contribution in [2.24, 2.45) is 12.0 Å². The molecule has 0 fully saturated rings. The molecule has 168 valence electrons. The molecule has 2 aromatic rings. The fraction of sp³-hybridized carbons (Fsp3) is 0.474. The molecule has 0 atom stereocenters. The molecule has 0 amide bonds. The van der Waals surface area contributed by atoms with Gasteiger partial charge in [-0.15, -0.1) is 24.0 Å². The molecular weight excluding hydrogens is 514 g/mol. The Morgan fingerprint density at radius 1 is 1.27 bits per heavy atom. The van der Waals surface area contributed by atoms with Gasteiger partial charge in [0.15, 0.2) is 11.7 Å². The number of hydrogen-bond donors (Lipinski definition) is 2. The van der Waals surface area contributed by atoms with E-state index in [9.17, 15) is 13.2 Å². The number of aromatic nitrogens is 2. The van der Waals surface area contributed by atoms with E-state index in [1.807, 2.05) is 25.1 Å². The zero-order valence-corrected chi connectivity index (χ0v) is 19.5. The average molecular weight is 541 g/mol. The highest BCUT2D eigenvalue weighted by atomic mass is 127. The Balaban J connectivity index is 0.00000450. The molecule has 0 radical (unpaired) electrons. The standard InChI is InChI=1S/C19H26F3N5O2.HI/c1-4-23-18(24-12-14-13-27(2)26-17(14)19(20,21)22)25-15-7-5-8-16(11-15)29-10-6-9-28-3;/h5,7-8,11,13H,4,6,9-10,12H2,1-3H3,(H2,23,24,25);1H. The molecular formula is C19H27F3IN5O2. The molecule has 0 aliphatic heterocycles. The summed E-state index contributed by atoms with van der Waals surface area (Å²) in [5.41, 5.74) is -0.213. The van der Waals surface area contributed by atoms with Gasteiger partial charge in [0, 0.05) is 57.2 Å². The quantitative estimate of drug-likeness (QED) is 0.217. The van der Waals surface area contributed by atoms with Gasteiger partial charge in [0.25, 0.3) is 0 Å². The summed E-state index contributed by atoms with van der Waals surface area (Å²) in [6, 6.07) is 7.26. The van der Waals surface area contributed by atoms with Gasteiger partial charge < -0.3 is 20.1 Å². The first-order valence-electron chi connectivity index (χ1n) is 9.20. The van der Waals surface area contributed by atoms with Gasteiger partial charge in [0.1, 0.15) is 5.75 Å². The van der Waals surface area contributed by atoms with E-state index < -0.39 is 11.9 Å². The monoisotopic (exact) mass is 541 g/mol. The SMILES string of the molecule is CCNC(=NCc1cn(C)nc1C(F)(F)F)Nc1cccc(OCCCOC)c1.I. The molecule has 0 unspecified atom stereocenters. The second-order valence-corrected chi connectivity index (χ2v) is 6.22. The summed E-state index contributed by atoms with van der Waals surface area (Å²) in [5, 5.41) is 9.60. The van der Waals surface area contributed by atoms with Crippen molar-refractivity contribution in [1.82, 2.24) is 15.1 Å². The van der Waals surface area contributed by atoms with Crippen LogP contribution in [0.5, 0.6) is 5.75 Å². The van der Waals surface area contributed by atoms with Crippen LogP contribution in [0.15, 0.2) is 35.5 Å². The van der Waals surface area contributed by atoms with Crippen molar-refractivity contribution in [3.8, 4) is 5.75 Å². The topological polar surface area (TPSA) is 72.7 Å². The molecule has 2 N–H and O–H groups in total. The van der Waals surface area contributed by atoms with Crippen molar-refractivity contribution in [3.63, 3.8) is 0 Å². The van der Waals surface area contributed by atoms with E-state index in [0.29, 0.717) is 37.2 Å². The second-order valence-electron chi connectivity index (χ2n) is 6.22. The number of rotatable bonds is 9. The summed E-state index contributed by atoms with van der Waals surface area (Å²) in [4.78, 5) is 4.27. The van der Waals surface area contributed by atoms with Crippen molar-refractivity contribution in [2.75, 3.05) is 32.2 Å². The zero-order valence-electron chi connectivity index (χ0n) is 17.1. The van der Waals surface area contributed by atoms with Gasteiger partial charge in [0.05, 0.1) is 13.2 Å². The van der Waals surface area contributed by atoms with E-state index in [4.69, 9.17) is 9.47 Å². The molecule has 0 spiro atoms. The number of guanidine groups is 1. The zero-order chi connectivity index (χ0) is 21.3. The number of nitrogens with zero attached hydrogens (tertiary/aromatic N) is 3. The van der Waals surface area contributed by atoms with E-state index in [-0.39, 0.29) is 36.1 Å². The molecule has 2 rings (SSSR count). The Kier molecular flexibility index (Phi) is 10.9. The third-order valence-electron chi connectivity index (χ3n) is 3.78. The molecule has 30 heavy (non-hydrogen) atoms. The Labute approximate surface area is 191 Å². The van der Waals surface area contributed by atoms with Crippen LogP contribution in [-0.4, -0.2) is 42.6 Å². The van der Waals surface area contributed by atoms with Crippen molar-refractivity contribution in [3.05, 3.63) is 41.7 Å². The number of benzene rings is 1. The van der Waals surface area contributed by atoms with Gasteiger partial charge in [-0.25, -0.2) is 4.99 Å². The number of nitrogens with one attached hydrogen (secondary N) is 2. The number of alkyl halides is 3. The van der Waals surface area contributed by atoms with Crippen LogP contribution < -0.4 is 15.4 Å². The summed E-state index contributed by atoms with van der Waals surface area (Å²) >= 11 is 0. The van der Waals surface area contributed by atoms with Gasteiger partial charge >= 0.3 is 6.18 Å². The largest absolute Gasteiger partial charge is 0.493 e. The maximum atomic E-state index is 13.1. The number of hydrogen-bond acceptors (Lipinski definition) is 4. The predicted octanol–water partition coefficient (Wildman–Crippen LogP) is 4.05. The first kappa shape index (κ1) is 26.0. The summed E-state index contributed by atoms with van der Waals surface area (Å²) in [6.07, 6.45) is -2.43. The number of methoxy groups -OCH3 is 1. The van der Waals surface area contributed by atoms with E-state index in [1.165, 1.54) is 13.2 Å². The number of halogens is 4. The molecule has 11 heteroatoms. The van der Waals surface area contributed by atoms with Gasteiger partial charge in [-0.05, 0) is 19.1 Å². The van der Waals surface area contributed by atoms with Gasteiger partial charge in [-0.1, -0.05) is 6.07 Å². The molecule has 0 aliphatic carbocycles. The lowest BCUT2D eigenvalue weighted by atomic mass is 10.2. The smallest absolute Gasteiger partial charge is 0.435 e. The molecule has 1 heterocycles. The predicted molar refractivity (Wildman–Crippen MR) is 120 cm³/mol. The van der Waals surface area contributed by atoms with Crippen molar-refractivity contribution >= 4 is 35.6 Å². The number of ether oxygens (including phenoxy) is 2. The van der Waals surface area contributed by atoms with Crippen molar-refractivity contribution in [1.29, 1.82) is 0 Å². The van der Waals surface area contributed by atoms with Gasteiger partial charge in [0.2, 0.25) is 0 Å². The van der Waals surface area contributed by atoms with Crippen LogP contribution in [0, 0.1) is 0 Å². The molecule has 0 bridgehead atoms. The highest BCUT2D eigenvalue weighted by molar-refractivity contribution is 14.0. The molecule has 0 saturated heterocycles.